The summed E-state index contributed by atoms with van der Waals surface area (Å²) in [4.78, 5) is 2.41. The van der Waals surface area contributed by atoms with Crippen LogP contribution in [0, 0.1) is 0 Å². The molecular weight excluding hydrogens is 453 g/mol. The maximum absolute atomic E-state index is 13.0. The van der Waals surface area contributed by atoms with Gasteiger partial charge in [-0.1, -0.05) is 60.7 Å². The molecule has 0 spiro atoms. The summed E-state index contributed by atoms with van der Waals surface area (Å²) in [5.41, 5.74) is 1.77. The van der Waals surface area contributed by atoms with Crippen molar-refractivity contribution >= 4 is 10.0 Å². The normalized spacial score (nSPS) is 16.9. The first-order valence-electron chi connectivity index (χ1n) is 10.4. The number of hydrogen-bond donors (Lipinski definition) is 0. The molecule has 1 aliphatic rings. The van der Waals surface area contributed by atoms with Crippen molar-refractivity contribution < 1.29 is 26.3 Å². The zero-order valence-corrected chi connectivity index (χ0v) is 18.5. The molecule has 1 heterocycles. The summed E-state index contributed by atoms with van der Waals surface area (Å²) in [5.74, 6) is -0.281. The van der Waals surface area contributed by atoms with E-state index < -0.39 is 16.4 Å². The van der Waals surface area contributed by atoms with Crippen LogP contribution in [0.4, 0.5) is 13.2 Å². The molecule has 0 amide bonds. The van der Waals surface area contributed by atoms with Gasteiger partial charge in [-0.15, -0.1) is 13.2 Å². The van der Waals surface area contributed by atoms with Crippen LogP contribution in [0.25, 0.3) is 0 Å². The summed E-state index contributed by atoms with van der Waals surface area (Å²) in [6, 6.07) is 23.5. The maximum atomic E-state index is 13.0. The highest BCUT2D eigenvalue weighted by atomic mass is 32.2. The lowest BCUT2D eigenvalue weighted by Crippen LogP contribution is -2.49. The number of benzene rings is 3. The molecule has 4 rings (SSSR count). The Balaban J connectivity index is 1.55. The Morgan fingerprint density at radius 2 is 1.24 bits per heavy atom. The average Bonchev–Trinajstić information content (AvgIpc) is 2.81. The van der Waals surface area contributed by atoms with E-state index in [9.17, 15) is 21.6 Å². The van der Waals surface area contributed by atoms with E-state index in [-0.39, 0.29) is 16.7 Å². The first kappa shape index (κ1) is 23.3. The number of halogens is 3. The Hall–Kier alpha value is -2.88. The van der Waals surface area contributed by atoms with Gasteiger partial charge in [0.05, 0.1) is 10.9 Å². The van der Waals surface area contributed by atoms with Gasteiger partial charge in [-0.05, 0) is 35.4 Å². The van der Waals surface area contributed by atoms with Crippen LogP contribution >= 0.6 is 0 Å². The summed E-state index contributed by atoms with van der Waals surface area (Å²) >= 11 is 0. The van der Waals surface area contributed by atoms with Gasteiger partial charge in [-0.25, -0.2) is 8.42 Å². The Bertz CT molecular complexity index is 1150. The second-order valence-corrected chi connectivity index (χ2v) is 9.62. The minimum atomic E-state index is -4.75. The highest BCUT2D eigenvalue weighted by Crippen LogP contribution is 2.32. The first-order valence-corrected chi connectivity index (χ1v) is 11.9. The molecule has 0 unspecified atom stereocenters. The van der Waals surface area contributed by atoms with Crippen LogP contribution in [0.1, 0.15) is 17.2 Å². The SMILES string of the molecule is O=S(=O)(c1ccccc1)N1CCN([C@@H](c2ccccc2)c2ccc(OC(F)(F)F)cc2)CC1. The molecular formula is C24H23F3N2O3S. The molecule has 33 heavy (non-hydrogen) atoms. The fourth-order valence-corrected chi connectivity index (χ4v) is 5.49. The predicted molar refractivity (Wildman–Crippen MR) is 118 cm³/mol. The van der Waals surface area contributed by atoms with Gasteiger partial charge in [-0.3, -0.25) is 4.90 Å². The van der Waals surface area contributed by atoms with Crippen LogP contribution in [0.3, 0.4) is 0 Å². The van der Waals surface area contributed by atoms with Crippen molar-refractivity contribution in [3.05, 3.63) is 96.1 Å². The molecule has 0 radical (unpaired) electrons. The molecule has 1 aliphatic heterocycles. The number of sulfonamides is 1. The summed E-state index contributed by atoms with van der Waals surface area (Å²) in [6.07, 6.45) is -4.75. The summed E-state index contributed by atoms with van der Waals surface area (Å²) in [6.45, 7) is 1.59. The van der Waals surface area contributed by atoms with E-state index in [0.717, 1.165) is 11.1 Å². The quantitative estimate of drug-likeness (QED) is 0.519. The van der Waals surface area contributed by atoms with Crippen LogP contribution in [-0.2, 0) is 10.0 Å². The second kappa shape index (κ2) is 9.54. The number of ether oxygens (including phenoxy) is 1. The lowest BCUT2D eigenvalue weighted by molar-refractivity contribution is -0.274. The highest BCUT2D eigenvalue weighted by Gasteiger charge is 2.33. The van der Waals surface area contributed by atoms with Crippen LogP contribution in [0.5, 0.6) is 5.75 Å². The summed E-state index contributed by atoms with van der Waals surface area (Å²) in [5, 5.41) is 0. The van der Waals surface area contributed by atoms with E-state index in [1.54, 1.807) is 42.5 Å². The van der Waals surface area contributed by atoms with Crippen molar-refractivity contribution in [1.29, 1.82) is 0 Å². The van der Waals surface area contributed by atoms with E-state index in [4.69, 9.17) is 0 Å². The molecule has 0 bridgehead atoms. The third kappa shape index (κ3) is 5.55. The van der Waals surface area contributed by atoms with Gasteiger partial charge in [-0.2, -0.15) is 4.31 Å². The molecule has 3 aromatic carbocycles. The molecule has 0 N–H and O–H groups in total. The number of alkyl halides is 3. The van der Waals surface area contributed by atoms with Gasteiger partial charge in [0.25, 0.3) is 0 Å². The Morgan fingerprint density at radius 1 is 0.727 bits per heavy atom. The van der Waals surface area contributed by atoms with Gasteiger partial charge < -0.3 is 4.74 Å². The molecule has 0 aliphatic carbocycles. The van der Waals surface area contributed by atoms with Gasteiger partial charge >= 0.3 is 6.36 Å². The molecule has 5 nitrogen and oxygen atoms in total. The van der Waals surface area contributed by atoms with Crippen molar-refractivity contribution in [3.63, 3.8) is 0 Å². The van der Waals surface area contributed by atoms with Gasteiger partial charge in [0.1, 0.15) is 5.75 Å². The lowest BCUT2D eigenvalue weighted by Gasteiger charge is -2.39. The molecule has 0 aromatic heterocycles. The predicted octanol–water partition coefficient (Wildman–Crippen LogP) is 4.68. The molecule has 9 heteroatoms. The van der Waals surface area contributed by atoms with Gasteiger partial charge in [0.2, 0.25) is 10.0 Å². The van der Waals surface area contributed by atoms with Crippen LogP contribution < -0.4 is 4.74 Å². The Kier molecular flexibility index (Phi) is 6.73. The molecule has 1 atom stereocenters. The maximum Gasteiger partial charge on any atom is 0.573 e. The smallest absolute Gasteiger partial charge is 0.406 e. The van der Waals surface area contributed by atoms with Crippen molar-refractivity contribution in [3.8, 4) is 5.75 Å². The molecule has 1 saturated heterocycles. The lowest BCUT2D eigenvalue weighted by atomic mass is 9.96. The van der Waals surface area contributed by atoms with Crippen molar-refractivity contribution in [2.75, 3.05) is 26.2 Å². The zero-order chi connectivity index (χ0) is 23.5. The Morgan fingerprint density at radius 3 is 1.79 bits per heavy atom. The minimum absolute atomic E-state index is 0.229. The van der Waals surface area contributed by atoms with Crippen LogP contribution in [-0.4, -0.2) is 50.2 Å². The zero-order valence-electron chi connectivity index (χ0n) is 17.6. The standard InChI is InChI=1S/C24H23F3N2O3S/c25-24(26,27)32-21-13-11-20(12-14-21)23(19-7-3-1-4-8-19)28-15-17-29(18-16-28)33(30,31)22-9-5-2-6-10-22/h1-14,23H,15-18H2/t23-/m0/s1. The first-order chi connectivity index (χ1) is 15.7. The van der Waals surface area contributed by atoms with Gasteiger partial charge in [0.15, 0.2) is 0 Å². The second-order valence-electron chi connectivity index (χ2n) is 7.68. The molecule has 174 valence electrons. The fraction of sp³-hybridized carbons (Fsp3) is 0.250. The molecule has 1 fully saturated rings. The van der Waals surface area contributed by atoms with Crippen molar-refractivity contribution in [1.82, 2.24) is 9.21 Å². The summed E-state index contributed by atoms with van der Waals surface area (Å²) in [7, 11) is -3.58. The van der Waals surface area contributed by atoms with Crippen molar-refractivity contribution in [2.24, 2.45) is 0 Å². The van der Waals surface area contributed by atoms with E-state index in [1.807, 2.05) is 30.3 Å². The number of nitrogens with zero attached hydrogens (tertiary/aromatic N) is 2. The third-order valence-electron chi connectivity index (χ3n) is 5.56. The summed E-state index contributed by atoms with van der Waals surface area (Å²) < 4.78 is 69.0. The number of rotatable bonds is 6. The largest absolute Gasteiger partial charge is 0.573 e. The van der Waals surface area contributed by atoms with Crippen molar-refractivity contribution in [2.45, 2.75) is 17.3 Å². The van der Waals surface area contributed by atoms with Gasteiger partial charge in [0, 0.05) is 26.2 Å². The van der Waals surface area contributed by atoms with E-state index in [2.05, 4.69) is 9.64 Å². The number of piperazine rings is 1. The van der Waals surface area contributed by atoms with E-state index >= 15 is 0 Å². The molecule has 3 aromatic rings. The van der Waals surface area contributed by atoms with E-state index in [1.165, 1.54) is 16.4 Å². The fourth-order valence-electron chi connectivity index (χ4n) is 4.04. The monoisotopic (exact) mass is 476 g/mol. The van der Waals surface area contributed by atoms with E-state index in [0.29, 0.717) is 26.2 Å². The minimum Gasteiger partial charge on any atom is -0.406 e. The third-order valence-corrected chi connectivity index (χ3v) is 7.48. The average molecular weight is 477 g/mol. The molecule has 0 saturated carbocycles. The highest BCUT2D eigenvalue weighted by molar-refractivity contribution is 7.89. The Labute approximate surface area is 191 Å². The number of hydrogen-bond acceptors (Lipinski definition) is 4. The van der Waals surface area contributed by atoms with Crippen LogP contribution in [0.15, 0.2) is 89.8 Å². The van der Waals surface area contributed by atoms with Crippen LogP contribution in [0.2, 0.25) is 0 Å². The topological polar surface area (TPSA) is 49.9 Å².